The molecule has 0 aromatic carbocycles. The largest absolute Gasteiger partial charge is 0.0901 e. The summed E-state index contributed by atoms with van der Waals surface area (Å²) in [6.07, 6.45) is 9.29. The molecule has 4 bridgehead atoms. The fourth-order valence-electron chi connectivity index (χ4n) is 5.40. The molecule has 0 nitrogen and oxygen atoms in total. The number of rotatable bonds is 3. The summed E-state index contributed by atoms with van der Waals surface area (Å²) < 4.78 is 0. The predicted molar refractivity (Wildman–Crippen MR) is 82.7 cm³/mol. The smallest absolute Gasteiger partial charge is 0.0182 e. The maximum Gasteiger partial charge on any atom is 0.0182 e. The van der Waals surface area contributed by atoms with Crippen molar-refractivity contribution in [3.8, 4) is 0 Å². The zero-order valence-electron chi connectivity index (χ0n) is 11.7. The zero-order valence-corrected chi connectivity index (χ0v) is 13.3. The molecule has 0 amide bonds. The fraction of sp³-hybridized carbons (Fsp3) is 1.00. The molecule has 4 aliphatic rings. The molecular weight excluding hydrogens is 256 g/mol. The van der Waals surface area contributed by atoms with E-state index in [0.29, 0.717) is 0 Å². The van der Waals surface area contributed by atoms with Crippen LogP contribution in [0.3, 0.4) is 0 Å². The average molecular weight is 283 g/mol. The lowest BCUT2D eigenvalue weighted by molar-refractivity contribution is 0.366. The highest BCUT2D eigenvalue weighted by molar-refractivity contribution is 8.77. The van der Waals surface area contributed by atoms with Gasteiger partial charge in [0.15, 0.2) is 0 Å². The molecule has 0 saturated heterocycles. The second-order valence-corrected chi connectivity index (χ2v) is 10.4. The Kier molecular flexibility index (Phi) is 3.19. The molecule has 0 N–H and O–H groups in total. The molecule has 4 aliphatic carbocycles. The van der Waals surface area contributed by atoms with Gasteiger partial charge in [0.1, 0.15) is 0 Å². The van der Waals surface area contributed by atoms with Crippen molar-refractivity contribution in [2.24, 2.45) is 35.5 Å². The third-order valence-corrected chi connectivity index (χ3v) is 10.2. The molecule has 0 spiro atoms. The standard InChI is InChI=1S/C16H26S2/c1-9-3-13-5-11(9)7-15(13)17-18-16-8-12-6-14(16)4-10(12)2/h9-16H,3-8H2,1-2H3. The van der Waals surface area contributed by atoms with Gasteiger partial charge >= 0.3 is 0 Å². The van der Waals surface area contributed by atoms with Crippen LogP contribution >= 0.6 is 21.6 Å². The van der Waals surface area contributed by atoms with Gasteiger partial charge in [-0.25, -0.2) is 0 Å². The minimum atomic E-state index is 1.02. The van der Waals surface area contributed by atoms with Crippen LogP contribution in [-0.4, -0.2) is 10.5 Å². The summed E-state index contributed by atoms with van der Waals surface area (Å²) in [6.45, 7) is 4.96. The lowest BCUT2D eigenvalue weighted by atomic mass is 9.90. The van der Waals surface area contributed by atoms with Crippen LogP contribution in [-0.2, 0) is 0 Å². The highest BCUT2D eigenvalue weighted by Gasteiger charge is 2.47. The Labute approximate surface area is 120 Å². The van der Waals surface area contributed by atoms with E-state index in [1.165, 1.54) is 12.8 Å². The molecule has 0 aromatic rings. The van der Waals surface area contributed by atoms with Crippen molar-refractivity contribution in [1.82, 2.24) is 0 Å². The Hall–Kier alpha value is 0.700. The normalized spacial score (nSPS) is 57.7. The van der Waals surface area contributed by atoms with E-state index in [9.17, 15) is 0 Å². The van der Waals surface area contributed by atoms with Crippen molar-refractivity contribution in [2.45, 2.75) is 62.9 Å². The molecule has 4 rings (SSSR count). The summed E-state index contributed by atoms with van der Waals surface area (Å²) in [4.78, 5) is 0. The molecule has 0 aliphatic heterocycles. The first-order chi connectivity index (χ1) is 8.70. The van der Waals surface area contributed by atoms with Crippen molar-refractivity contribution in [2.75, 3.05) is 0 Å². The number of fused-ring (bicyclic) bond motifs is 4. The second kappa shape index (κ2) is 4.62. The molecule has 102 valence electrons. The minimum absolute atomic E-state index is 1.02. The average Bonchev–Trinajstić information content (AvgIpc) is 3.04. The van der Waals surface area contributed by atoms with Crippen molar-refractivity contribution in [3.63, 3.8) is 0 Å². The molecule has 2 heteroatoms. The first-order valence-corrected chi connectivity index (χ1v) is 10.3. The van der Waals surface area contributed by atoms with E-state index in [-0.39, 0.29) is 0 Å². The zero-order chi connectivity index (χ0) is 12.3. The molecule has 8 unspecified atom stereocenters. The maximum absolute atomic E-state index is 2.48. The highest BCUT2D eigenvalue weighted by Crippen LogP contribution is 2.59. The van der Waals surface area contributed by atoms with Gasteiger partial charge in [-0.05, 0) is 74.0 Å². The fourth-order valence-corrected chi connectivity index (χ4v) is 9.37. The van der Waals surface area contributed by atoms with Crippen LogP contribution in [0.1, 0.15) is 52.4 Å². The van der Waals surface area contributed by atoms with Crippen molar-refractivity contribution in [1.29, 1.82) is 0 Å². The summed E-state index contributed by atoms with van der Waals surface area (Å²) in [7, 11) is 4.61. The Morgan fingerprint density at radius 3 is 1.28 bits per heavy atom. The van der Waals surface area contributed by atoms with Crippen molar-refractivity contribution in [3.05, 3.63) is 0 Å². The Balaban J connectivity index is 1.28. The first kappa shape index (κ1) is 12.4. The van der Waals surface area contributed by atoms with E-state index in [1.807, 2.05) is 0 Å². The third kappa shape index (κ3) is 1.97. The third-order valence-electron chi connectivity index (χ3n) is 6.59. The van der Waals surface area contributed by atoms with Crippen LogP contribution in [0.4, 0.5) is 0 Å². The van der Waals surface area contributed by atoms with Crippen molar-refractivity contribution >= 4 is 21.6 Å². The Morgan fingerprint density at radius 1 is 0.556 bits per heavy atom. The molecule has 4 fully saturated rings. The van der Waals surface area contributed by atoms with Crippen LogP contribution < -0.4 is 0 Å². The van der Waals surface area contributed by atoms with Crippen molar-refractivity contribution < 1.29 is 0 Å². The van der Waals surface area contributed by atoms with Crippen LogP contribution in [0, 0.1) is 35.5 Å². The van der Waals surface area contributed by atoms with E-state index in [1.54, 1.807) is 25.7 Å². The van der Waals surface area contributed by atoms with Crippen LogP contribution in [0.25, 0.3) is 0 Å². The molecule has 0 aromatic heterocycles. The summed E-state index contributed by atoms with van der Waals surface area (Å²) >= 11 is 0. The monoisotopic (exact) mass is 282 g/mol. The van der Waals surface area contributed by atoms with Gasteiger partial charge in [0, 0.05) is 10.5 Å². The summed E-state index contributed by atoms with van der Waals surface area (Å²) in [5.41, 5.74) is 0. The molecule has 4 saturated carbocycles. The quantitative estimate of drug-likeness (QED) is 0.649. The van der Waals surface area contributed by atoms with Gasteiger partial charge in [-0.3, -0.25) is 0 Å². The molecule has 8 atom stereocenters. The Bertz CT molecular complexity index is 293. The molecule has 0 heterocycles. The van der Waals surface area contributed by atoms with E-state index in [2.05, 4.69) is 35.4 Å². The topological polar surface area (TPSA) is 0 Å². The van der Waals surface area contributed by atoms with Gasteiger partial charge in [0.2, 0.25) is 0 Å². The second-order valence-electron chi connectivity index (χ2n) is 7.68. The summed E-state index contributed by atoms with van der Waals surface area (Å²) in [5.74, 6) is 6.43. The van der Waals surface area contributed by atoms with Gasteiger partial charge in [-0.1, -0.05) is 35.4 Å². The lowest BCUT2D eigenvalue weighted by Gasteiger charge is -2.28. The SMILES string of the molecule is CC1CC2CC1CC2SSC1CC2CC1CC2C. The van der Waals surface area contributed by atoms with Gasteiger partial charge < -0.3 is 0 Å². The minimum Gasteiger partial charge on any atom is -0.0901 e. The maximum atomic E-state index is 2.48. The van der Waals surface area contributed by atoms with Gasteiger partial charge in [0.05, 0.1) is 0 Å². The van der Waals surface area contributed by atoms with Crippen LogP contribution in [0.15, 0.2) is 0 Å². The lowest BCUT2D eigenvalue weighted by Crippen LogP contribution is -2.20. The van der Waals surface area contributed by atoms with E-state index in [4.69, 9.17) is 0 Å². The molecule has 18 heavy (non-hydrogen) atoms. The van der Waals surface area contributed by atoms with Gasteiger partial charge in [0.25, 0.3) is 0 Å². The number of hydrogen-bond donors (Lipinski definition) is 0. The van der Waals surface area contributed by atoms with Crippen LogP contribution in [0.5, 0.6) is 0 Å². The summed E-state index contributed by atoms with van der Waals surface area (Å²) in [5, 5.41) is 2.04. The predicted octanol–water partition coefficient (Wildman–Crippen LogP) is 5.24. The van der Waals surface area contributed by atoms with E-state index >= 15 is 0 Å². The molecular formula is C16H26S2. The number of hydrogen-bond acceptors (Lipinski definition) is 2. The Morgan fingerprint density at radius 2 is 1.00 bits per heavy atom. The molecule has 0 radical (unpaired) electrons. The van der Waals surface area contributed by atoms with E-state index < -0.39 is 0 Å². The van der Waals surface area contributed by atoms with E-state index in [0.717, 1.165) is 46.0 Å². The first-order valence-electron chi connectivity index (χ1n) is 8.03. The summed E-state index contributed by atoms with van der Waals surface area (Å²) in [6, 6.07) is 0. The highest BCUT2D eigenvalue weighted by atomic mass is 33.1. The van der Waals surface area contributed by atoms with Crippen LogP contribution in [0.2, 0.25) is 0 Å². The van der Waals surface area contributed by atoms with Gasteiger partial charge in [-0.15, -0.1) is 0 Å². The van der Waals surface area contributed by atoms with Gasteiger partial charge in [-0.2, -0.15) is 0 Å².